The van der Waals surface area contributed by atoms with Crippen molar-refractivity contribution in [2.24, 2.45) is 0 Å². The molecule has 3 aromatic rings. The van der Waals surface area contributed by atoms with Crippen molar-refractivity contribution in [2.45, 2.75) is 6.43 Å². The van der Waals surface area contributed by atoms with E-state index in [1.165, 1.54) is 19.2 Å². The van der Waals surface area contributed by atoms with Gasteiger partial charge in [0.1, 0.15) is 29.7 Å². The summed E-state index contributed by atoms with van der Waals surface area (Å²) in [5, 5.41) is 12.4. The first-order chi connectivity index (χ1) is 12.5. The van der Waals surface area contributed by atoms with Crippen LogP contribution in [0.15, 0.2) is 35.1 Å². The Bertz CT molecular complexity index is 985. The van der Waals surface area contributed by atoms with Gasteiger partial charge in [-0.05, 0) is 12.1 Å². The lowest BCUT2D eigenvalue weighted by Gasteiger charge is -2.11. The van der Waals surface area contributed by atoms with Gasteiger partial charge >= 0.3 is 0 Å². The van der Waals surface area contributed by atoms with Crippen molar-refractivity contribution in [3.8, 4) is 34.9 Å². The largest absolute Gasteiger partial charge is 0.480 e. The maximum atomic E-state index is 14.3. The summed E-state index contributed by atoms with van der Waals surface area (Å²) in [5.41, 5.74) is -1.000. The molecule has 0 atom stereocenters. The Labute approximate surface area is 144 Å². The predicted molar refractivity (Wildman–Crippen MR) is 80.2 cm³/mol. The Morgan fingerprint density at radius 1 is 1.23 bits per heavy atom. The molecule has 1 aromatic carbocycles. The van der Waals surface area contributed by atoms with Crippen LogP contribution >= 0.6 is 0 Å². The second-order valence-electron chi connectivity index (χ2n) is 4.81. The van der Waals surface area contributed by atoms with E-state index in [-0.39, 0.29) is 34.4 Å². The predicted octanol–water partition coefficient (Wildman–Crippen LogP) is 3.88. The topological polar surface area (TPSA) is 94.1 Å². The van der Waals surface area contributed by atoms with Crippen molar-refractivity contribution < 1.29 is 27.2 Å². The highest BCUT2D eigenvalue weighted by molar-refractivity contribution is 5.67. The molecule has 0 bridgehead atoms. The molecule has 2 aromatic heterocycles. The maximum Gasteiger partial charge on any atom is 0.283 e. The number of aromatic nitrogens is 3. The van der Waals surface area contributed by atoms with E-state index in [0.29, 0.717) is 0 Å². The third-order valence-electron chi connectivity index (χ3n) is 3.26. The highest BCUT2D eigenvalue weighted by atomic mass is 19.3. The number of rotatable bonds is 5. The smallest absolute Gasteiger partial charge is 0.283 e. The summed E-state index contributed by atoms with van der Waals surface area (Å²) >= 11 is 0. The summed E-state index contributed by atoms with van der Waals surface area (Å²) < 4.78 is 55.0. The molecule has 0 spiro atoms. The van der Waals surface area contributed by atoms with E-state index in [1.54, 1.807) is 0 Å². The summed E-state index contributed by atoms with van der Waals surface area (Å²) in [6.07, 6.45) is -1.78. The minimum absolute atomic E-state index is 0.0323. The molecule has 0 N–H and O–H groups in total. The van der Waals surface area contributed by atoms with Gasteiger partial charge in [0.15, 0.2) is 11.3 Å². The average molecular weight is 362 g/mol. The number of benzene rings is 1. The Kier molecular flexibility index (Phi) is 4.70. The quantitative estimate of drug-likeness (QED) is 0.680. The van der Waals surface area contributed by atoms with Gasteiger partial charge in [-0.15, -0.1) is 0 Å². The van der Waals surface area contributed by atoms with E-state index in [9.17, 15) is 18.4 Å². The van der Waals surface area contributed by atoms with Crippen molar-refractivity contribution in [2.75, 3.05) is 7.11 Å². The van der Waals surface area contributed by atoms with Gasteiger partial charge in [-0.25, -0.2) is 23.1 Å². The number of ether oxygens (including phenoxy) is 2. The molecular formula is C16H9F3N4O3. The van der Waals surface area contributed by atoms with Crippen molar-refractivity contribution in [1.82, 2.24) is 15.1 Å². The normalized spacial score (nSPS) is 10.6. The van der Waals surface area contributed by atoms with Gasteiger partial charge in [-0.2, -0.15) is 5.26 Å². The molecule has 0 aliphatic rings. The lowest BCUT2D eigenvalue weighted by molar-refractivity contribution is 0.140. The van der Waals surface area contributed by atoms with E-state index >= 15 is 0 Å². The summed E-state index contributed by atoms with van der Waals surface area (Å²) in [7, 11) is 1.31. The Morgan fingerprint density at radius 2 is 2.00 bits per heavy atom. The highest BCUT2D eigenvalue weighted by Gasteiger charge is 2.22. The van der Waals surface area contributed by atoms with Gasteiger partial charge in [0.25, 0.3) is 6.43 Å². The van der Waals surface area contributed by atoms with Crippen molar-refractivity contribution in [3.63, 3.8) is 0 Å². The molecule has 2 heterocycles. The zero-order valence-electron chi connectivity index (χ0n) is 13.1. The van der Waals surface area contributed by atoms with Crippen LogP contribution in [0.4, 0.5) is 13.2 Å². The zero-order chi connectivity index (χ0) is 18.7. The van der Waals surface area contributed by atoms with Crippen LogP contribution in [0.3, 0.4) is 0 Å². The van der Waals surface area contributed by atoms with Gasteiger partial charge in [-0.1, -0.05) is 11.2 Å². The molecule has 132 valence electrons. The van der Waals surface area contributed by atoms with Crippen LogP contribution in [0.25, 0.3) is 11.3 Å². The summed E-state index contributed by atoms with van der Waals surface area (Å²) in [6, 6.07) is 6.52. The lowest BCUT2D eigenvalue weighted by Crippen LogP contribution is -1.99. The Balaban J connectivity index is 2.08. The minimum Gasteiger partial charge on any atom is -0.480 e. The molecule has 0 saturated carbocycles. The number of halogens is 3. The van der Waals surface area contributed by atoms with Crippen LogP contribution in [0, 0.1) is 17.1 Å². The number of nitrogens with zero attached hydrogens (tertiary/aromatic N) is 4. The van der Waals surface area contributed by atoms with Crippen molar-refractivity contribution in [3.05, 3.63) is 47.7 Å². The fourth-order valence-electron chi connectivity index (χ4n) is 2.12. The molecular weight excluding hydrogens is 353 g/mol. The van der Waals surface area contributed by atoms with Gasteiger partial charge in [-0.3, -0.25) is 0 Å². The molecule has 10 heteroatoms. The zero-order valence-corrected chi connectivity index (χ0v) is 13.1. The number of hydrogen-bond acceptors (Lipinski definition) is 7. The highest BCUT2D eigenvalue weighted by Crippen LogP contribution is 2.37. The Hall–Kier alpha value is -3.61. The number of hydrogen-bond donors (Lipinski definition) is 0. The van der Waals surface area contributed by atoms with E-state index in [1.807, 2.05) is 6.07 Å². The molecule has 0 fully saturated rings. The first kappa shape index (κ1) is 17.2. The summed E-state index contributed by atoms with van der Waals surface area (Å²) in [6.45, 7) is 0. The maximum absolute atomic E-state index is 14.3. The molecule has 0 amide bonds. The number of methoxy groups -OCH3 is 1. The van der Waals surface area contributed by atoms with Gasteiger partial charge in [0.05, 0.1) is 12.7 Å². The van der Waals surface area contributed by atoms with E-state index in [0.717, 1.165) is 18.5 Å². The van der Waals surface area contributed by atoms with Crippen LogP contribution in [0.2, 0.25) is 0 Å². The van der Waals surface area contributed by atoms with E-state index < -0.39 is 17.9 Å². The van der Waals surface area contributed by atoms with Crippen LogP contribution in [-0.4, -0.2) is 22.2 Å². The molecule has 26 heavy (non-hydrogen) atoms. The first-order valence-electron chi connectivity index (χ1n) is 7.05. The summed E-state index contributed by atoms with van der Waals surface area (Å²) in [4.78, 5) is 7.60. The summed E-state index contributed by atoms with van der Waals surface area (Å²) in [5.74, 6) is -1.39. The SMILES string of the molecule is COc1ncnc(Oc2cccc(F)c2-c2cc(C(F)F)no2)c1C#N. The van der Waals surface area contributed by atoms with Crippen LogP contribution in [0.1, 0.15) is 17.7 Å². The number of nitriles is 1. The minimum atomic E-state index is -2.88. The third kappa shape index (κ3) is 3.14. The van der Waals surface area contributed by atoms with E-state index in [2.05, 4.69) is 15.1 Å². The van der Waals surface area contributed by atoms with Crippen LogP contribution in [0.5, 0.6) is 17.5 Å². The monoisotopic (exact) mass is 362 g/mol. The molecule has 0 radical (unpaired) electrons. The van der Waals surface area contributed by atoms with Crippen molar-refractivity contribution in [1.29, 1.82) is 5.26 Å². The molecule has 3 rings (SSSR count). The fourth-order valence-corrected chi connectivity index (χ4v) is 2.12. The lowest BCUT2D eigenvalue weighted by atomic mass is 10.1. The second-order valence-corrected chi connectivity index (χ2v) is 4.81. The van der Waals surface area contributed by atoms with Crippen LogP contribution < -0.4 is 9.47 Å². The molecule has 0 aliphatic carbocycles. The third-order valence-corrected chi connectivity index (χ3v) is 3.26. The molecule has 7 nitrogen and oxygen atoms in total. The van der Waals surface area contributed by atoms with E-state index in [4.69, 9.17) is 14.0 Å². The van der Waals surface area contributed by atoms with Gasteiger partial charge in [0, 0.05) is 6.07 Å². The molecule has 0 saturated heterocycles. The second kappa shape index (κ2) is 7.10. The fraction of sp³-hybridized carbons (Fsp3) is 0.125. The average Bonchev–Trinajstić information content (AvgIpc) is 3.11. The molecule has 0 aliphatic heterocycles. The van der Waals surface area contributed by atoms with Gasteiger partial charge in [0.2, 0.25) is 11.8 Å². The van der Waals surface area contributed by atoms with Gasteiger partial charge < -0.3 is 14.0 Å². The molecule has 0 unspecified atom stereocenters. The van der Waals surface area contributed by atoms with Crippen LogP contribution in [-0.2, 0) is 0 Å². The number of alkyl halides is 2. The Morgan fingerprint density at radius 3 is 2.65 bits per heavy atom. The standard InChI is InChI=1S/C16H9F3N4O3/c1-24-15-8(6-20)16(22-7-21-15)25-11-4-2-3-9(17)13(11)12-5-10(14(18)19)23-26-12/h2-5,7,14H,1H3. The van der Waals surface area contributed by atoms with Crippen molar-refractivity contribution >= 4 is 0 Å². The first-order valence-corrected chi connectivity index (χ1v) is 7.05.